The predicted octanol–water partition coefficient (Wildman–Crippen LogP) is 4.20. The zero-order valence-corrected chi connectivity index (χ0v) is 12.7. The van der Waals surface area contributed by atoms with Crippen molar-refractivity contribution in [1.82, 2.24) is 0 Å². The minimum Gasteiger partial charge on any atom is -0.462 e. The molecule has 0 bridgehead atoms. The molecule has 1 aromatic carbocycles. The van der Waals surface area contributed by atoms with Gasteiger partial charge in [-0.15, -0.1) is 24.0 Å². The number of thiophene rings is 1. The topological polar surface area (TPSA) is 26.3 Å². The summed E-state index contributed by atoms with van der Waals surface area (Å²) < 4.78 is 5.96. The van der Waals surface area contributed by atoms with E-state index in [1.807, 2.05) is 23.6 Å². The minimum absolute atomic E-state index is 0.325. The summed E-state index contributed by atoms with van der Waals surface area (Å²) in [6.07, 6.45) is 0.752. The van der Waals surface area contributed by atoms with E-state index in [-0.39, 0.29) is 5.97 Å². The van der Waals surface area contributed by atoms with Gasteiger partial charge in [0.05, 0.1) is 12.2 Å². The molecular weight excluding hydrogens is 332 g/mol. The van der Waals surface area contributed by atoms with Gasteiger partial charge in [0.1, 0.15) is 0 Å². The van der Waals surface area contributed by atoms with Gasteiger partial charge in [-0.05, 0) is 45.6 Å². The van der Waals surface area contributed by atoms with Crippen molar-refractivity contribution in [2.75, 3.05) is 6.61 Å². The number of hydrogen-bond acceptors (Lipinski definition) is 4. The third kappa shape index (κ3) is 3.60. The molecular formula is C13H11BrO2S2. The summed E-state index contributed by atoms with van der Waals surface area (Å²) in [6.45, 7) is 0.391. The third-order valence-corrected chi connectivity index (χ3v) is 4.24. The van der Waals surface area contributed by atoms with Crippen molar-refractivity contribution in [2.45, 2.75) is 11.3 Å². The van der Waals surface area contributed by atoms with Crippen molar-refractivity contribution in [1.29, 1.82) is 0 Å². The highest BCUT2D eigenvalue weighted by Crippen LogP contribution is 2.21. The number of carbonyl (C=O) groups excluding carboxylic acids is 1. The maximum Gasteiger partial charge on any atom is 0.339 e. The molecule has 0 saturated carbocycles. The first-order chi connectivity index (χ1) is 8.66. The highest BCUT2D eigenvalue weighted by Gasteiger charge is 2.11. The Kier molecular flexibility index (Phi) is 4.86. The van der Waals surface area contributed by atoms with Gasteiger partial charge in [0.15, 0.2) is 0 Å². The summed E-state index contributed by atoms with van der Waals surface area (Å²) >= 11 is 9.20. The van der Waals surface area contributed by atoms with E-state index in [1.165, 1.54) is 4.88 Å². The zero-order valence-electron chi connectivity index (χ0n) is 9.43. The van der Waals surface area contributed by atoms with Crippen LogP contribution >= 0.6 is 39.9 Å². The summed E-state index contributed by atoms with van der Waals surface area (Å²) in [6, 6.07) is 9.32. The number of hydrogen-bond donors (Lipinski definition) is 1. The second-order valence-corrected chi connectivity index (χ2v) is 6.03. The lowest BCUT2D eigenvalue weighted by molar-refractivity contribution is 0.0508. The van der Waals surface area contributed by atoms with Crippen LogP contribution in [0.15, 0.2) is 45.1 Å². The molecule has 0 saturated heterocycles. The highest BCUT2D eigenvalue weighted by molar-refractivity contribution is 9.10. The monoisotopic (exact) mass is 342 g/mol. The lowest BCUT2D eigenvalue weighted by Crippen LogP contribution is -2.08. The average Bonchev–Trinajstić information content (AvgIpc) is 2.85. The average molecular weight is 343 g/mol. The quantitative estimate of drug-likeness (QED) is 0.665. The smallest absolute Gasteiger partial charge is 0.339 e. The summed E-state index contributed by atoms with van der Waals surface area (Å²) in [5.74, 6) is -0.325. The molecule has 2 rings (SSSR count). The van der Waals surface area contributed by atoms with E-state index in [9.17, 15) is 4.79 Å². The lowest BCUT2D eigenvalue weighted by Gasteiger charge is -2.06. The van der Waals surface area contributed by atoms with Gasteiger partial charge in [0.25, 0.3) is 0 Å². The molecule has 0 aliphatic rings. The van der Waals surface area contributed by atoms with Gasteiger partial charge in [-0.25, -0.2) is 4.79 Å². The summed E-state index contributed by atoms with van der Waals surface area (Å²) in [7, 11) is 0. The second-order valence-electron chi connectivity index (χ2n) is 3.63. The van der Waals surface area contributed by atoms with Crippen LogP contribution in [0.25, 0.3) is 0 Å². The van der Waals surface area contributed by atoms with Gasteiger partial charge in [-0.1, -0.05) is 6.07 Å². The molecule has 0 aliphatic carbocycles. The van der Waals surface area contributed by atoms with Crippen LogP contribution in [-0.2, 0) is 11.2 Å². The van der Waals surface area contributed by atoms with Crippen LogP contribution in [0.1, 0.15) is 15.2 Å². The number of esters is 1. The maximum atomic E-state index is 11.9. The van der Waals surface area contributed by atoms with E-state index in [0.29, 0.717) is 12.2 Å². The number of benzene rings is 1. The Labute approximate surface area is 124 Å². The number of thiol groups is 1. The molecule has 1 aromatic heterocycles. The van der Waals surface area contributed by atoms with Crippen molar-refractivity contribution in [3.05, 3.63) is 50.6 Å². The number of rotatable bonds is 4. The Balaban J connectivity index is 1.93. The molecule has 0 spiro atoms. The van der Waals surface area contributed by atoms with E-state index in [4.69, 9.17) is 4.74 Å². The normalized spacial score (nSPS) is 10.3. The van der Waals surface area contributed by atoms with Crippen molar-refractivity contribution in [3.63, 3.8) is 0 Å². The van der Waals surface area contributed by atoms with Gasteiger partial charge in [0, 0.05) is 20.7 Å². The van der Waals surface area contributed by atoms with E-state index in [2.05, 4.69) is 28.6 Å². The molecule has 0 N–H and O–H groups in total. The Hall–Kier alpha value is -0.780. The fourth-order valence-electron chi connectivity index (χ4n) is 1.45. The van der Waals surface area contributed by atoms with Gasteiger partial charge in [0.2, 0.25) is 0 Å². The highest BCUT2D eigenvalue weighted by atomic mass is 79.9. The Morgan fingerprint density at radius 3 is 2.94 bits per heavy atom. The van der Waals surface area contributed by atoms with Gasteiger partial charge >= 0.3 is 5.97 Å². The third-order valence-electron chi connectivity index (χ3n) is 2.33. The molecule has 2 nitrogen and oxygen atoms in total. The molecule has 0 aliphatic heterocycles. The molecule has 5 heteroatoms. The molecule has 18 heavy (non-hydrogen) atoms. The fraction of sp³-hybridized carbons (Fsp3) is 0.154. The van der Waals surface area contributed by atoms with E-state index < -0.39 is 0 Å². The van der Waals surface area contributed by atoms with Crippen LogP contribution in [0.4, 0.5) is 0 Å². The van der Waals surface area contributed by atoms with Crippen molar-refractivity contribution in [2.24, 2.45) is 0 Å². The SMILES string of the molecule is O=C(OCCc1cccs1)c1cc(S)ccc1Br. The minimum atomic E-state index is -0.325. The molecule has 1 heterocycles. The molecule has 0 amide bonds. The summed E-state index contributed by atoms with van der Waals surface area (Å²) in [5.41, 5.74) is 0.508. The van der Waals surface area contributed by atoms with Gasteiger partial charge in [-0.3, -0.25) is 0 Å². The second kappa shape index (κ2) is 6.41. The summed E-state index contributed by atoms with van der Waals surface area (Å²) in [4.78, 5) is 13.8. The molecule has 0 radical (unpaired) electrons. The van der Waals surface area contributed by atoms with Crippen LogP contribution in [0, 0.1) is 0 Å². The Morgan fingerprint density at radius 2 is 2.22 bits per heavy atom. The first-order valence-corrected chi connectivity index (χ1v) is 7.47. The first kappa shape index (κ1) is 13.6. The first-order valence-electron chi connectivity index (χ1n) is 5.35. The van der Waals surface area contributed by atoms with Crippen LogP contribution in [0.5, 0.6) is 0 Å². The van der Waals surface area contributed by atoms with Crippen LogP contribution < -0.4 is 0 Å². The maximum absolute atomic E-state index is 11.9. The van der Waals surface area contributed by atoms with E-state index in [0.717, 1.165) is 15.8 Å². The lowest BCUT2D eigenvalue weighted by atomic mass is 10.2. The molecule has 0 unspecified atom stereocenters. The van der Waals surface area contributed by atoms with E-state index >= 15 is 0 Å². The Morgan fingerprint density at radius 1 is 1.39 bits per heavy atom. The predicted molar refractivity (Wildman–Crippen MR) is 79.7 cm³/mol. The number of ether oxygens (including phenoxy) is 1. The zero-order chi connectivity index (χ0) is 13.0. The Bertz CT molecular complexity index is 538. The van der Waals surface area contributed by atoms with Crippen LogP contribution in [-0.4, -0.2) is 12.6 Å². The van der Waals surface area contributed by atoms with Crippen molar-refractivity contribution >= 4 is 45.9 Å². The molecule has 0 fully saturated rings. The molecule has 2 aromatic rings. The molecule has 0 atom stereocenters. The van der Waals surface area contributed by atoms with Crippen LogP contribution in [0.3, 0.4) is 0 Å². The molecule has 94 valence electrons. The van der Waals surface area contributed by atoms with Crippen molar-refractivity contribution < 1.29 is 9.53 Å². The number of carbonyl (C=O) groups is 1. The van der Waals surface area contributed by atoms with Gasteiger partial charge < -0.3 is 4.74 Å². The standard InChI is InChI=1S/C13H11BrO2S2/c14-12-4-3-9(17)8-11(12)13(15)16-6-5-10-2-1-7-18-10/h1-4,7-8,17H,5-6H2. The van der Waals surface area contributed by atoms with Crippen LogP contribution in [0.2, 0.25) is 0 Å². The van der Waals surface area contributed by atoms with Crippen molar-refractivity contribution in [3.8, 4) is 0 Å². The summed E-state index contributed by atoms with van der Waals surface area (Å²) in [5, 5.41) is 2.01. The fourth-order valence-corrected chi connectivity index (χ4v) is 2.75. The number of halogens is 1. The van der Waals surface area contributed by atoms with Gasteiger partial charge in [-0.2, -0.15) is 0 Å². The largest absolute Gasteiger partial charge is 0.462 e. The van der Waals surface area contributed by atoms with E-state index in [1.54, 1.807) is 23.5 Å².